The zero-order valence-electron chi connectivity index (χ0n) is 28.9. The van der Waals surface area contributed by atoms with Gasteiger partial charge in [-0.3, -0.25) is 0 Å². The van der Waals surface area contributed by atoms with Crippen LogP contribution in [0.2, 0.25) is 0 Å². The molecule has 0 fully saturated rings. The van der Waals surface area contributed by atoms with Crippen molar-refractivity contribution in [3.63, 3.8) is 0 Å². The monoisotopic (exact) mass is 606 g/mol. The van der Waals surface area contributed by atoms with Crippen LogP contribution in [0.1, 0.15) is 101 Å². The molecule has 0 bridgehead atoms. The maximum atomic E-state index is 2.65. The van der Waals surface area contributed by atoms with Crippen molar-refractivity contribution in [3.05, 3.63) is 131 Å². The number of rotatable bonds is 16. The first-order valence-electron chi connectivity index (χ1n) is 18.2. The second kappa shape index (κ2) is 17.1. The van der Waals surface area contributed by atoms with E-state index in [1.165, 1.54) is 109 Å². The highest BCUT2D eigenvalue weighted by Gasteiger charge is 2.22. The molecule has 0 aliphatic heterocycles. The molecule has 0 N–H and O–H groups in total. The van der Waals surface area contributed by atoms with Crippen molar-refractivity contribution in [1.29, 1.82) is 0 Å². The Bertz CT molecular complexity index is 1670. The lowest BCUT2D eigenvalue weighted by Crippen LogP contribution is -2.08. The number of unbranched alkanes of at least 4 members (excludes halogenated alkanes) is 4. The summed E-state index contributed by atoms with van der Waals surface area (Å²) in [4.78, 5) is 0. The van der Waals surface area contributed by atoms with E-state index in [9.17, 15) is 0 Å². The van der Waals surface area contributed by atoms with Crippen molar-refractivity contribution in [3.8, 4) is 44.5 Å². The Labute approximate surface area is 279 Å². The van der Waals surface area contributed by atoms with E-state index in [1.807, 2.05) is 0 Å². The molecule has 5 aromatic rings. The Kier molecular flexibility index (Phi) is 12.5. The minimum Gasteiger partial charge on any atom is -0.0654 e. The lowest BCUT2D eigenvalue weighted by molar-refractivity contribution is 0.729. The second-order valence-corrected chi connectivity index (χ2v) is 12.9. The van der Waals surface area contributed by atoms with E-state index < -0.39 is 0 Å². The molecule has 0 amide bonds. The van der Waals surface area contributed by atoms with Gasteiger partial charge in [0.1, 0.15) is 0 Å². The first kappa shape index (κ1) is 33.5. The molecule has 0 heteroatoms. The zero-order valence-corrected chi connectivity index (χ0v) is 28.9. The van der Waals surface area contributed by atoms with Gasteiger partial charge >= 0.3 is 0 Å². The van der Waals surface area contributed by atoms with Crippen molar-refractivity contribution in [1.82, 2.24) is 0 Å². The molecule has 0 nitrogen and oxygen atoms in total. The third kappa shape index (κ3) is 7.72. The molecule has 0 aliphatic rings. The van der Waals surface area contributed by atoms with Crippen LogP contribution in [0, 0.1) is 0 Å². The van der Waals surface area contributed by atoms with Gasteiger partial charge in [0, 0.05) is 0 Å². The maximum absolute atomic E-state index is 2.65. The molecule has 0 spiro atoms. The van der Waals surface area contributed by atoms with Crippen LogP contribution in [0.4, 0.5) is 0 Å². The maximum Gasteiger partial charge on any atom is -0.00990 e. The highest BCUT2D eigenvalue weighted by atomic mass is 14.3. The van der Waals surface area contributed by atoms with Gasteiger partial charge < -0.3 is 0 Å². The lowest BCUT2D eigenvalue weighted by Gasteiger charge is -2.25. The molecule has 0 saturated carbocycles. The summed E-state index contributed by atoms with van der Waals surface area (Å²) in [6.07, 6.45) is 14.6. The molecule has 0 aromatic heterocycles. The smallest absolute Gasteiger partial charge is 0.00990 e. The molecule has 0 radical (unpaired) electrons. The summed E-state index contributed by atoms with van der Waals surface area (Å²) in [5.74, 6) is 0. The Hall–Kier alpha value is -3.90. The molecule has 0 aliphatic carbocycles. The van der Waals surface area contributed by atoms with Crippen molar-refractivity contribution in [2.24, 2.45) is 0 Å². The molecular weight excluding hydrogens is 553 g/mol. The van der Waals surface area contributed by atoms with E-state index in [0.717, 1.165) is 12.8 Å². The van der Waals surface area contributed by atoms with Crippen molar-refractivity contribution in [2.45, 2.75) is 105 Å². The Morgan fingerprint density at radius 3 is 1.28 bits per heavy atom. The first-order chi connectivity index (χ1) is 22.7. The largest absolute Gasteiger partial charge is 0.0654 e. The normalized spacial score (nSPS) is 11.2. The molecule has 0 heterocycles. The summed E-state index contributed by atoms with van der Waals surface area (Å²) in [7, 11) is 0. The molecule has 46 heavy (non-hydrogen) atoms. The quantitative estimate of drug-likeness (QED) is 0.105. The summed E-state index contributed by atoms with van der Waals surface area (Å²) >= 11 is 0. The van der Waals surface area contributed by atoms with Crippen LogP contribution in [0.3, 0.4) is 0 Å². The number of hydrogen-bond acceptors (Lipinski definition) is 0. The van der Waals surface area contributed by atoms with Gasteiger partial charge in [-0.05, 0) is 118 Å². The molecule has 5 aromatic carbocycles. The van der Waals surface area contributed by atoms with Gasteiger partial charge in [0.25, 0.3) is 0 Å². The highest BCUT2D eigenvalue weighted by molar-refractivity contribution is 5.96. The van der Waals surface area contributed by atoms with Crippen LogP contribution in [-0.4, -0.2) is 0 Å². The Morgan fingerprint density at radius 2 is 0.739 bits per heavy atom. The van der Waals surface area contributed by atoms with E-state index in [4.69, 9.17) is 0 Å². The summed E-state index contributed by atoms with van der Waals surface area (Å²) in [6, 6.07) is 40.8. The molecule has 0 saturated heterocycles. The molecule has 0 atom stereocenters. The van der Waals surface area contributed by atoms with E-state index >= 15 is 0 Å². The van der Waals surface area contributed by atoms with Gasteiger partial charge in [-0.1, -0.05) is 163 Å². The van der Waals surface area contributed by atoms with Gasteiger partial charge in [0.05, 0.1) is 0 Å². The standard InChI is InChI=1S/C46H54/c1-5-9-22-36-34-37(23-10-6-2)46(44(27-12-8-4)39(36)26-11-7-3)45-33-21-20-32-43(45)42-31-19-18-30-41(42)40-29-17-16-28-38(40)35-24-14-13-15-25-35/h13-21,24-25,28-34H,5-12,22-23,26-27H2,1-4H3. The average Bonchev–Trinajstić information content (AvgIpc) is 3.11. The molecule has 5 rings (SSSR count). The van der Waals surface area contributed by atoms with Crippen molar-refractivity contribution < 1.29 is 0 Å². The van der Waals surface area contributed by atoms with Gasteiger partial charge in [-0.2, -0.15) is 0 Å². The minimum atomic E-state index is 1.14. The zero-order chi connectivity index (χ0) is 32.1. The fraction of sp³-hybridized carbons (Fsp3) is 0.348. The van der Waals surface area contributed by atoms with Gasteiger partial charge in [-0.15, -0.1) is 0 Å². The van der Waals surface area contributed by atoms with Crippen LogP contribution >= 0.6 is 0 Å². The third-order valence-corrected chi connectivity index (χ3v) is 9.60. The van der Waals surface area contributed by atoms with E-state index in [2.05, 4.69) is 137 Å². The highest BCUT2D eigenvalue weighted by Crippen LogP contribution is 2.44. The average molecular weight is 607 g/mol. The van der Waals surface area contributed by atoms with Gasteiger partial charge in [0.2, 0.25) is 0 Å². The van der Waals surface area contributed by atoms with Gasteiger partial charge in [0.15, 0.2) is 0 Å². The van der Waals surface area contributed by atoms with E-state index in [0.29, 0.717) is 0 Å². The van der Waals surface area contributed by atoms with Gasteiger partial charge in [-0.25, -0.2) is 0 Å². The number of aryl methyl sites for hydroxylation is 2. The molecule has 0 unspecified atom stereocenters. The van der Waals surface area contributed by atoms with Crippen LogP contribution in [-0.2, 0) is 25.7 Å². The minimum absolute atomic E-state index is 1.14. The summed E-state index contributed by atoms with van der Waals surface area (Å²) in [6.45, 7) is 9.35. The SMILES string of the molecule is CCCCc1cc(CCCC)c(-c2ccccc2-c2ccccc2-c2ccccc2-c2ccccc2)c(CCCC)c1CCCC. The lowest BCUT2D eigenvalue weighted by atomic mass is 9.79. The number of benzene rings is 5. The summed E-state index contributed by atoms with van der Waals surface area (Å²) < 4.78 is 0. The second-order valence-electron chi connectivity index (χ2n) is 12.9. The Morgan fingerprint density at radius 1 is 0.348 bits per heavy atom. The predicted molar refractivity (Wildman–Crippen MR) is 203 cm³/mol. The molecule has 238 valence electrons. The summed E-state index contributed by atoms with van der Waals surface area (Å²) in [5, 5.41) is 0. The van der Waals surface area contributed by atoms with Crippen LogP contribution in [0.15, 0.2) is 109 Å². The van der Waals surface area contributed by atoms with E-state index in [-0.39, 0.29) is 0 Å². The fourth-order valence-corrected chi connectivity index (χ4v) is 7.17. The predicted octanol–water partition coefficient (Wildman–Crippen LogP) is 13.7. The summed E-state index contributed by atoms with van der Waals surface area (Å²) in [5.41, 5.74) is 17.2. The van der Waals surface area contributed by atoms with Crippen LogP contribution in [0.5, 0.6) is 0 Å². The van der Waals surface area contributed by atoms with Crippen molar-refractivity contribution in [2.75, 3.05) is 0 Å². The fourth-order valence-electron chi connectivity index (χ4n) is 7.17. The number of hydrogen-bond donors (Lipinski definition) is 0. The Balaban J connectivity index is 1.78. The van der Waals surface area contributed by atoms with Crippen LogP contribution < -0.4 is 0 Å². The van der Waals surface area contributed by atoms with E-state index in [1.54, 1.807) is 22.3 Å². The first-order valence-corrected chi connectivity index (χ1v) is 18.2. The topological polar surface area (TPSA) is 0 Å². The molecular formula is C46H54. The van der Waals surface area contributed by atoms with Crippen molar-refractivity contribution >= 4 is 0 Å². The third-order valence-electron chi connectivity index (χ3n) is 9.60. The van der Waals surface area contributed by atoms with Crippen LogP contribution in [0.25, 0.3) is 44.5 Å².